The zero-order chi connectivity index (χ0) is 11.4. The molecule has 1 aliphatic rings. The Labute approximate surface area is 92.8 Å². The number of amides is 1. The summed E-state index contributed by atoms with van der Waals surface area (Å²) in [5.41, 5.74) is 0.469. The van der Waals surface area contributed by atoms with Crippen LogP contribution in [0.1, 0.15) is 0 Å². The molecule has 0 radical (unpaired) electrons. The second-order valence-corrected chi connectivity index (χ2v) is 3.67. The molecule has 1 aromatic rings. The monoisotopic (exact) mass is 224 g/mol. The molecule has 16 heavy (non-hydrogen) atoms. The van der Waals surface area contributed by atoms with E-state index in [1.165, 1.54) is 12.1 Å². The van der Waals surface area contributed by atoms with Crippen molar-refractivity contribution in [1.29, 1.82) is 0 Å². The number of carbonyl (C=O) groups is 1. The Kier molecular flexibility index (Phi) is 3.48. The van der Waals surface area contributed by atoms with Crippen molar-refractivity contribution in [2.75, 3.05) is 25.1 Å². The van der Waals surface area contributed by atoms with Crippen molar-refractivity contribution in [3.63, 3.8) is 0 Å². The first-order chi connectivity index (χ1) is 7.74. The molecular formula is C11H13FN2O2. The number of ether oxygens (including phenoxy) is 1. The Morgan fingerprint density at radius 1 is 1.50 bits per heavy atom. The predicted molar refractivity (Wildman–Crippen MR) is 57.6 cm³/mol. The molecule has 2 N–H and O–H groups in total. The molecule has 0 saturated carbocycles. The van der Waals surface area contributed by atoms with Crippen LogP contribution in [-0.2, 0) is 9.53 Å². The topological polar surface area (TPSA) is 50.4 Å². The number of benzene rings is 1. The van der Waals surface area contributed by atoms with Gasteiger partial charge >= 0.3 is 0 Å². The Balaban J connectivity index is 1.77. The molecule has 0 atom stereocenters. The lowest BCUT2D eigenvalue weighted by atomic mass is 10.2. The number of hydrogen-bond acceptors (Lipinski definition) is 3. The van der Waals surface area contributed by atoms with Gasteiger partial charge in [0.2, 0.25) is 5.91 Å². The van der Waals surface area contributed by atoms with Gasteiger partial charge in [0.15, 0.2) is 0 Å². The molecule has 1 saturated heterocycles. The average Bonchev–Trinajstić information content (AvgIpc) is 2.15. The third-order valence-electron chi connectivity index (χ3n) is 2.30. The lowest BCUT2D eigenvalue weighted by molar-refractivity contribution is -0.116. The van der Waals surface area contributed by atoms with E-state index in [0.29, 0.717) is 18.9 Å². The summed E-state index contributed by atoms with van der Waals surface area (Å²) in [6.07, 6.45) is 0. The molecule has 0 unspecified atom stereocenters. The standard InChI is InChI=1S/C11H13FN2O2/c12-8-2-1-3-9(4-8)14-11(15)5-13-10-6-16-7-10/h1-4,10,13H,5-7H2,(H,14,15). The molecule has 4 nitrogen and oxygen atoms in total. The van der Waals surface area contributed by atoms with Crippen LogP contribution in [0.3, 0.4) is 0 Å². The minimum atomic E-state index is -0.363. The average molecular weight is 224 g/mol. The molecule has 5 heteroatoms. The first kappa shape index (κ1) is 11.0. The number of carbonyl (C=O) groups excluding carboxylic acids is 1. The van der Waals surface area contributed by atoms with Gasteiger partial charge in [0.1, 0.15) is 5.82 Å². The zero-order valence-corrected chi connectivity index (χ0v) is 8.70. The van der Waals surface area contributed by atoms with Crippen LogP contribution < -0.4 is 10.6 Å². The number of hydrogen-bond donors (Lipinski definition) is 2. The second kappa shape index (κ2) is 5.05. The number of rotatable bonds is 4. The third-order valence-corrected chi connectivity index (χ3v) is 2.30. The van der Waals surface area contributed by atoms with Gasteiger partial charge in [-0.05, 0) is 18.2 Å². The molecule has 1 aliphatic heterocycles. The minimum absolute atomic E-state index is 0.183. The summed E-state index contributed by atoms with van der Waals surface area (Å²) < 4.78 is 17.8. The van der Waals surface area contributed by atoms with Crippen molar-refractivity contribution in [2.24, 2.45) is 0 Å². The van der Waals surface area contributed by atoms with E-state index in [-0.39, 0.29) is 24.3 Å². The Hall–Kier alpha value is -1.46. The van der Waals surface area contributed by atoms with Gasteiger partial charge in [-0.1, -0.05) is 6.07 Å². The molecule has 1 heterocycles. The molecule has 1 fully saturated rings. The van der Waals surface area contributed by atoms with E-state index >= 15 is 0 Å². The zero-order valence-electron chi connectivity index (χ0n) is 8.70. The van der Waals surface area contributed by atoms with Crippen LogP contribution in [0.25, 0.3) is 0 Å². The van der Waals surface area contributed by atoms with E-state index in [4.69, 9.17) is 4.74 Å². The molecule has 0 aliphatic carbocycles. The molecule has 1 aromatic carbocycles. The molecule has 0 aromatic heterocycles. The van der Waals surface area contributed by atoms with E-state index in [1.54, 1.807) is 12.1 Å². The van der Waals surface area contributed by atoms with Gasteiger partial charge in [0.25, 0.3) is 0 Å². The molecule has 1 amide bonds. The van der Waals surface area contributed by atoms with Crippen LogP contribution >= 0.6 is 0 Å². The van der Waals surface area contributed by atoms with Crippen LogP contribution in [-0.4, -0.2) is 31.7 Å². The fourth-order valence-electron chi connectivity index (χ4n) is 1.36. The molecule has 2 rings (SSSR count). The smallest absolute Gasteiger partial charge is 0.238 e. The highest BCUT2D eigenvalue weighted by molar-refractivity contribution is 5.92. The van der Waals surface area contributed by atoms with Crippen LogP contribution in [0.2, 0.25) is 0 Å². The van der Waals surface area contributed by atoms with Crippen LogP contribution in [0.4, 0.5) is 10.1 Å². The minimum Gasteiger partial charge on any atom is -0.378 e. The SMILES string of the molecule is O=C(CNC1COC1)Nc1cccc(F)c1. The summed E-state index contributed by atoms with van der Waals surface area (Å²) in [7, 11) is 0. The van der Waals surface area contributed by atoms with E-state index in [2.05, 4.69) is 10.6 Å². The largest absolute Gasteiger partial charge is 0.378 e. The third kappa shape index (κ3) is 3.01. The molecule has 0 spiro atoms. The summed E-state index contributed by atoms with van der Waals surface area (Å²) in [5, 5.41) is 5.63. The lowest BCUT2D eigenvalue weighted by Crippen LogP contribution is -2.48. The summed E-state index contributed by atoms with van der Waals surface area (Å²) >= 11 is 0. The first-order valence-electron chi connectivity index (χ1n) is 5.10. The van der Waals surface area contributed by atoms with Crippen molar-refractivity contribution in [2.45, 2.75) is 6.04 Å². The Morgan fingerprint density at radius 3 is 2.94 bits per heavy atom. The predicted octanol–water partition coefficient (Wildman–Crippen LogP) is 0.753. The van der Waals surface area contributed by atoms with Gasteiger partial charge in [0.05, 0.1) is 25.8 Å². The van der Waals surface area contributed by atoms with Gasteiger partial charge in [0, 0.05) is 5.69 Å². The first-order valence-corrected chi connectivity index (χ1v) is 5.10. The quantitative estimate of drug-likeness (QED) is 0.793. The highest BCUT2D eigenvalue weighted by Crippen LogP contribution is 2.08. The highest BCUT2D eigenvalue weighted by Gasteiger charge is 2.18. The van der Waals surface area contributed by atoms with E-state index in [1.807, 2.05) is 0 Å². The summed E-state index contributed by atoms with van der Waals surface area (Å²) in [5.74, 6) is -0.546. The van der Waals surface area contributed by atoms with Crippen molar-refractivity contribution < 1.29 is 13.9 Å². The lowest BCUT2D eigenvalue weighted by Gasteiger charge is -2.26. The summed E-state index contributed by atoms with van der Waals surface area (Å²) in [6, 6.07) is 6.08. The number of anilines is 1. The maximum absolute atomic E-state index is 12.8. The van der Waals surface area contributed by atoms with Gasteiger partial charge in [-0.2, -0.15) is 0 Å². The summed E-state index contributed by atoms with van der Waals surface area (Å²) in [4.78, 5) is 11.4. The van der Waals surface area contributed by atoms with Gasteiger partial charge in [-0.25, -0.2) is 4.39 Å². The summed E-state index contributed by atoms with van der Waals surface area (Å²) in [6.45, 7) is 1.50. The maximum Gasteiger partial charge on any atom is 0.238 e. The van der Waals surface area contributed by atoms with Crippen LogP contribution in [0.5, 0.6) is 0 Å². The van der Waals surface area contributed by atoms with Gasteiger partial charge < -0.3 is 15.4 Å². The maximum atomic E-state index is 12.8. The van der Waals surface area contributed by atoms with Crippen molar-refractivity contribution >= 4 is 11.6 Å². The van der Waals surface area contributed by atoms with Crippen molar-refractivity contribution in [3.05, 3.63) is 30.1 Å². The number of halogens is 1. The van der Waals surface area contributed by atoms with Crippen LogP contribution in [0, 0.1) is 5.82 Å². The fraction of sp³-hybridized carbons (Fsp3) is 0.364. The normalized spacial score (nSPS) is 15.6. The Bertz CT molecular complexity index is 380. The molecule has 86 valence electrons. The van der Waals surface area contributed by atoms with Gasteiger partial charge in [-0.15, -0.1) is 0 Å². The molecule has 0 bridgehead atoms. The Morgan fingerprint density at radius 2 is 2.31 bits per heavy atom. The van der Waals surface area contributed by atoms with E-state index < -0.39 is 0 Å². The highest BCUT2D eigenvalue weighted by atomic mass is 19.1. The fourth-order valence-corrected chi connectivity index (χ4v) is 1.36. The number of nitrogens with one attached hydrogen (secondary N) is 2. The van der Waals surface area contributed by atoms with Crippen LogP contribution in [0.15, 0.2) is 24.3 Å². The van der Waals surface area contributed by atoms with E-state index in [0.717, 1.165) is 0 Å². The van der Waals surface area contributed by atoms with Crippen molar-refractivity contribution in [1.82, 2.24) is 5.32 Å². The van der Waals surface area contributed by atoms with Gasteiger partial charge in [-0.3, -0.25) is 4.79 Å². The molecular weight excluding hydrogens is 211 g/mol. The van der Waals surface area contributed by atoms with E-state index in [9.17, 15) is 9.18 Å². The van der Waals surface area contributed by atoms with Crippen molar-refractivity contribution in [3.8, 4) is 0 Å². The second-order valence-electron chi connectivity index (χ2n) is 3.67.